The van der Waals surface area contributed by atoms with Crippen LogP contribution in [0.3, 0.4) is 0 Å². The molecule has 7 heteroatoms. The maximum absolute atomic E-state index is 11.7. The van der Waals surface area contributed by atoms with Crippen LogP contribution in [-0.2, 0) is 4.79 Å². The van der Waals surface area contributed by atoms with Crippen LogP contribution in [0.15, 0.2) is 11.1 Å². The average molecular weight is 289 g/mol. The molecule has 0 fully saturated rings. The lowest BCUT2D eigenvalue weighted by Crippen LogP contribution is -2.33. The largest absolute Gasteiger partial charge is 0.383 e. The number of hydrogen-bond donors (Lipinski definition) is 2. The number of thioether (sulfide) groups is 1. The summed E-state index contributed by atoms with van der Waals surface area (Å²) >= 11 is 1.13. The van der Waals surface area contributed by atoms with Gasteiger partial charge in [0.05, 0.1) is 16.9 Å². The third-order valence-electron chi connectivity index (χ3n) is 2.62. The Morgan fingerprint density at radius 1 is 1.50 bits per heavy atom. The van der Waals surface area contributed by atoms with Crippen molar-refractivity contribution >= 4 is 23.5 Å². The first-order valence-electron chi connectivity index (χ1n) is 6.04. The van der Waals surface area contributed by atoms with Gasteiger partial charge in [0.25, 0.3) is 0 Å². The monoisotopic (exact) mass is 289 g/mol. The second-order valence-corrected chi connectivity index (χ2v) is 5.13. The quantitative estimate of drug-likeness (QED) is 0.792. The Balaban J connectivity index is 2.79. The van der Waals surface area contributed by atoms with Crippen molar-refractivity contribution in [3.8, 4) is 12.1 Å². The molecule has 1 amide bonds. The molecule has 1 heterocycles. The van der Waals surface area contributed by atoms with Gasteiger partial charge in [-0.15, -0.1) is 0 Å². The third-order valence-corrected chi connectivity index (χ3v) is 3.61. The van der Waals surface area contributed by atoms with Crippen LogP contribution < -0.4 is 11.1 Å². The van der Waals surface area contributed by atoms with Crippen molar-refractivity contribution in [2.75, 3.05) is 11.5 Å². The number of nitrogens with zero attached hydrogens (tertiary/aromatic N) is 3. The highest BCUT2D eigenvalue weighted by atomic mass is 32.2. The fourth-order valence-electron chi connectivity index (χ4n) is 1.34. The van der Waals surface area contributed by atoms with E-state index in [1.165, 1.54) is 6.07 Å². The standard InChI is InChI=1S/C13H15N5OS/c1-3-8(2)17-11(19)7-20-13-10(6-15)4-9(5-14)12(16)18-13/h4,8H,3,7H2,1-2H3,(H2,16,18)(H,17,19)/t8-/m0/s1. The lowest BCUT2D eigenvalue weighted by molar-refractivity contribution is -0.119. The van der Waals surface area contributed by atoms with Gasteiger partial charge < -0.3 is 11.1 Å². The molecule has 0 saturated carbocycles. The zero-order valence-corrected chi connectivity index (χ0v) is 12.1. The molecule has 1 rings (SSSR count). The fourth-order valence-corrected chi connectivity index (χ4v) is 2.12. The molecule has 0 saturated heterocycles. The smallest absolute Gasteiger partial charge is 0.230 e. The molecule has 1 aromatic rings. The molecule has 3 N–H and O–H groups in total. The number of nitrogens with one attached hydrogen (secondary N) is 1. The summed E-state index contributed by atoms with van der Waals surface area (Å²) in [5.74, 6) is 0.0893. The molecule has 0 aliphatic carbocycles. The van der Waals surface area contributed by atoms with Gasteiger partial charge in [0.15, 0.2) is 0 Å². The predicted octanol–water partition coefficient (Wildman–Crippen LogP) is 1.41. The van der Waals surface area contributed by atoms with Crippen LogP contribution >= 0.6 is 11.8 Å². The number of anilines is 1. The molecule has 1 aromatic heterocycles. The summed E-state index contributed by atoms with van der Waals surface area (Å²) in [5, 5.41) is 21.0. The SMILES string of the molecule is CC[C@H](C)NC(=O)CSc1nc(N)c(C#N)cc1C#N. The van der Waals surface area contributed by atoms with E-state index >= 15 is 0 Å². The molecular formula is C13H15N5OS. The minimum atomic E-state index is -0.127. The molecule has 0 bridgehead atoms. The van der Waals surface area contributed by atoms with Crippen molar-refractivity contribution in [1.29, 1.82) is 10.5 Å². The Bertz CT molecular complexity index is 588. The van der Waals surface area contributed by atoms with Crippen molar-refractivity contribution in [2.24, 2.45) is 0 Å². The third kappa shape index (κ3) is 4.15. The Hall–Kier alpha value is -2.25. The van der Waals surface area contributed by atoms with Gasteiger partial charge >= 0.3 is 0 Å². The molecule has 0 aliphatic rings. The maximum atomic E-state index is 11.7. The number of hydrogen-bond acceptors (Lipinski definition) is 6. The summed E-state index contributed by atoms with van der Waals surface area (Å²) in [6.07, 6.45) is 0.849. The van der Waals surface area contributed by atoms with E-state index in [-0.39, 0.29) is 34.6 Å². The van der Waals surface area contributed by atoms with Crippen LogP contribution in [0.1, 0.15) is 31.4 Å². The highest BCUT2D eigenvalue weighted by Crippen LogP contribution is 2.23. The molecule has 0 aliphatic heterocycles. The molecular weight excluding hydrogens is 274 g/mol. The highest BCUT2D eigenvalue weighted by Gasteiger charge is 2.13. The predicted molar refractivity (Wildman–Crippen MR) is 76.7 cm³/mol. The number of carbonyl (C=O) groups excluding carboxylic acids is 1. The molecule has 0 spiro atoms. The summed E-state index contributed by atoms with van der Waals surface area (Å²) in [4.78, 5) is 15.7. The highest BCUT2D eigenvalue weighted by molar-refractivity contribution is 8.00. The van der Waals surface area contributed by atoms with E-state index in [1.54, 1.807) is 0 Å². The Labute approximate surface area is 122 Å². The first-order valence-corrected chi connectivity index (χ1v) is 7.03. The van der Waals surface area contributed by atoms with Gasteiger partial charge in [-0.25, -0.2) is 4.98 Å². The number of nitriles is 2. The van der Waals surface area contributed by atoms with Gasteiger partial charge in [-0.1, -0.05) is 18.7 Å². The first kappa shape index (κ1) is 15.8. The van der Waals surface area contributed by atoms with Crippen LogP contribution in [0.5, 0.6) is 0 Å². The first-order chi connectivity index (χ1) is 9.51. The van der Waals surface area contributed by atoms with Crippen molar-refractivity contribution < 1.29 is 4.79 Å². The minimum absolute atomic E-state index is 0.0661. The number of rotatable bonds is 5. The van der Waals surface area contributed by atoms with Gasteiger partial charge in [0.2, 0.25) is 5.91 Å². The van der Waals surface area contributed by atoms with E-state index in [9.17, 15) is 4.79 Å². The summed E-state index contributed by atoms with van der Waals surface area (Å²) in [6.45, 7) is 3.90. The van der Waals surface area contributed by atoms with Crippen LogP contribution in [0.2, 0.25) is 0 Å². The lowest BCUT2D eigenvalue weighted by Gasteiger charge is -2.11. The van der Waals surface area contributed by atoms with E-state index in [4.69, 9.17) is 16.3 Å². The van der Waals surface area contributed by atoms with Crippen molar-refractivity contribution in [3.63, 3.8) is 0 Å². The normalized spacial score (nSPS) is 11.2. The molecule has 0 aromatic carbocycles. The number of pyridine rings is 1. The zero-order chi connectivity index (χ0) is 15.1. The summed E-state index contributed by atoms with van der Waals surface area (Å²) in [6, 6.07) is 5.32. The second-order valence-electron chi connectivity index (χ2n) is 4.16. The summed E-state index contributed by atoms with van der Waals surface area (Å²) in [5.41, 5.74) is 6.02. The van der Waals surface area contributed by atoms with Crippen LogP contribution in [0.25, 0.3) is 0 Å². The molecule has 104 valence electrons. The number of amides is 1. The van der Waals surface area contributed by atoms with Crippen LogP contribution in [0.4, 0.5) is 5.82 Å². The molecule has 0 radical (unpaired) electrons. The van der Waals surface area contributed by atoms with Gasteiger partial charge in [-0.2, -0.15) is 10.5 Å². The van der Waals surface area contributed by atoms with Crippen molar-refractivity contribution in [2.45, 2.75) is 31.3 Å². The van der Waals surface area contributed by atoms with E-state index < -0.39 is 0 Å². The van der Waals surface area contributed by atoms with Crippen molar-refractivity contribution in [1.82, 2.24) is 10.3 Å². The number of carbonyl (C=O) groups is 1. The van der Waals surface area contributed by atoms with E-state index in [2.05, 4.69) is 10.3 Å². The molecule has 1 atom stereocenters. The van der Waals surface area contributed by atoms with Gasteiger partial charge in [-0.05, 0) is 19.4 Å². The van der Waals surface area contributed by atoms with E-state index in [0.29, 0.717) is 5.03 Å². The van der Waals surface area contributed by atoms with Gasteiger partial charge in [-0.3, -0.25) is 4.79 Å². The summed E-state index contributed by atoms with van der Waals surface area (Å²) in [7, 11) is 0. The topological polar surface area (TPSA) is 116 Å². The van der Waals surface area contributed by atoms with Crippen molar-refractivity contribution in [3.05, 3.63) is 17.2 Å². The Kier molecular flexibility index (Phi) is 5.82. The summed E-state index contributed by atoms with van der Waals surface area (Å²) < 4.78 is 0. The molecule has 20 heavy (non-hydrogen) atoms. The minimum Gasteiger partial charge on any atom is -0.383 e. The zero-order valence-electron chi connectivity index (χ0n) is 11.3. The van der Waals surface area contributed by atoms with Gasteiger partial charge in [0.1, 0.15) is 23.0 Å². The number of nitrogens with two attached hydrogens (primary N) is 1. The maximum Gasteiger partial charge on any atom is 0.230 e. The van der Waals surface area contributed by atoms with Gasteiger partial charge in [0, 0.05) is 6.04 Å². The van der Waals surface area contributed by atoms with Crippen LogP contribution in [0, 0.1) is 22.7 Å². The Morgan fingerprint density at radius 2 is 2.15 bits per heavy atom. The molecule has 0 unspecified atom stereocenters. The average Bonchev–Trinajstić information content (AvgIpc) is 2.44. The number of nitrogen functional groups attached to an aromatic ring is 1. The van der Waals surface area contributed by atoms with E-state index in [1.807, 2.05) is 26.0 Å². The molecule has 6 nitrogen and oxygen atoms in total. The number of aromatic nitrogens is 1. The second kappa shape index (κ2) is 7.37. The Morgan fingerprint density at radius 3 is 2.70 bits per heavy atom. The van der Waals surface area contributed by atoms with Crippen LogP contribution in [-0.4, -0.2) is 22.7 Å². The van der Waals surface area contributed by atoms with E-state index in [0.717, 1.165) is 18.2 Å². The lowest BCUT2D eigenvalue weighted by atomic mass is 10.2. The fraction of sp³-hybridized carbons (Fsp3) is 0.385.